The van der Waals surface area contributed by atoms with Gasteiger partial charge in [-0.15, -0.1) is 0 Å². The molecule has 3 heteroatoms. The third-order valence-corrected chi connectivity index (χ3v) is 5.31. The van der Waals surface area contributed by atoms with Crippen molar-refractivity contribution in [2.75, 3.05) is 6.54 Å². The van der Waals surface area contributed by atoms with Crippen molar-refractivity contribution in [1.82, 2.24) is 5.32 Å². The Kier molecular flexibility index (Phi) is 2.84. The lowest BCUT2D eigenvalue weighted by Crippen LogP contribution is -2.54. The summed E-state index contributed by atoms with van der Waals surface area (Å²) >= 11 is 0. The van der Waals surface area contributed by atoms with E-state index in [1.807, 2.05) is 6.92 Å². The van der Waals surface area contributed by atoms with Crippen LogP contribution in [0.15, 0.2) is 0 Å². The van der Waals surface area contributed by atoms with Crippen LogP contribution in [0.25, 0.3) is 0 Å². The molecule has 0 aromatic heterocycles. The first-order chi connectivity index (χ1) is 8.61. The molecule has 0 aliphatic heterocycles. The number of nitriles is 1. The molecule has 4 bridgehead atoms. The molecule has 3 nitrogen and oxygen atoms in total. The number of amides is 1. The number of hydrogen-bond donors (Lipinski definition) is 1. The Morgan fingerprint density at radius 1 is 1.28 bits per heavy atom. The SMILES string of the molecule is CC(C#N)CNC(=O)C12CC3CC(CC(C3)C1)C2. The second-order valence-corrected chi connectivity index (χ2v) is 6.94. The summed E-state index contributed by atoms with van der Waals surface area (Å²) in [5.41, 5.74) is -0.0655. The van der Waals surface area contributed by atoms with E-state index in [1.165, 1.54) is 19.3 Å². The summed E-state index contributed by atoms with van der Waals surface area (Å²) in [7, 11) is 0. The van der Waals surface area contributed by atoms with E-state index in [0.29, 0.717) is 6.54 Å². The highest BCUT2D eigenvalue weighted by Crippen LogP contribution is 2.60. The molecule has 0 aromatic rings. The van der Waals surface area contributed by atoms with Gasteiger partial charge >= 0.3 is 0 Å². The first-order valence-electron chi connectivity index (χ1n) is 7.29. The van der Waals surface area contributed by atoms with E-state index in [2.05, 4.69) is 11.4 Å². The molecule has 1 unspecified atom stereocenters. The molecule has 1 N–H and O–H groups in total. The molecule has 18 heavy (non-hydrogen) atoms. The summed E-state index contributed by atoms with van der Waals surface area (Å²) in [6.45, 7) is 2.37. The van der Waals surface area contributed by atoms with E-state index in [0.717, 1.165) is 37.0 Å². The number of rotatable bonds is 3. The molecule has 4 saturated carbocycles. The second-order valence-electron chi connectivity index (χ2n) is 6.94. The molecular weight excluding hydrogens is 224 g/mol. The van der Waals surface area contributed by atoms with Crippen LogP contribution >= 0.6 is 0 Å². The summed E-state index contributed by atoms with van der Waals surface area (Å²) < 4.78 is 0. The molecule has 1 amide bonds. The topological polar surface area (TPSA) is 52.9 Å². The number of nitrogens with one attached hydrogen (secondary N) is 1. The Morgan fingerprint density at radius 2 is 1.78 bits per heavy atom. The van der Waals surface area contributed by atoms with E-state index >= 15 is 0 Å². The average molecular weight is 246 g/mol. The molecule has 1 atom stereocenters. The standard InChI is InChI=1S/C15H22N2O/c1-10(8-16)9-17-14(18)15-5-11-2-12(6-15)4-13(3-11)7-15/h10-13H,2-7,9H2,1H3,(H,17,18). The van der Waals surface area contributed by atoms with E-state index in [1.54, 1.807) is 0 Å². The van der Waals surface area contributed by atoms with Gasteiger partial charge in [0, 0.05) is 12.0 Å². The highest BCUT2D eigenvalue weighted by molar-refractivity contribution is 5.83. The molecule has 4 aliphatic rings. The van der Waals surface area contributed by atoms with Crippen molar-refractivity contribution in [3.63, 3.8) is 0 Å². The fraction of sp³-hybridized carbons (Fsp3) is 0.867. The lowest BCUT2D eigenvalue weighted by atomic mass is 9.49. The van der Waals surface area contributed by atoms with Crippen LogP contribution in [0.1, 0.15) is 45.4 Å². The Balaban J connectivity index is 1.68. The van der Waals surface area contributed by atoms with Crippen LogP contribution in [0.3, 0.4) is 0 Å². The smallest absolute Gasteiger partial charge is 0.226 e. The fourth-order valence-electron chi connectivity index (χ4n) is 4.87. The van der Waals surface area contributed by atoms with Gasteiger partial charge in [-0.25, -0.2) is 0 Å². The first kappa shape index (κ1) is 12.0. The van der Waals surface area contributed by atoms with Gasteiger partial charge in [-0.3, -0.25) is 4.79 Å². The molecule has 4 fully saturated rings. The molecule has 0 radical (unpaired) electrons. The predicted octanol–water partition coefficient (Wildman–Crippen LogP) is 2.48. The average Bonchev–Trinajstić information content (AvgIpc) is 2.33. The Morgan fingerprint density at radius 3 is 2.22 bits per heavy atom. The molecule has 0 saturated heterocycles. The quantitative estimate of drug-likeness (QED) is 0.831. The highest BCUT2D eigenvalue weighted by atomic mass is 16.2. The zero-order chi connectivity index (χ0) is 12.8. The second kappa shape index (κ2) is 4.26. The lowest BCUT2D eigenvalue weighted by molar-refractivity contribution is -0.146. The fourth-order valence-corrected chi connectivity index (χ4v) is 4.87. The maximum absolute atomic E-state index is 12.5. The molecule has 4 aliphatic carbocycles. The van der Waals surface area contributed by atoms with Crippen LogP contribution in [0.2, 0.25) is 0 Å². The van der Waals surface area contributed by atoms with Gasteiger partial charge < -0.3 is 5.32 Å². The summed E-state index contributed by atoms with van der Waals surface area (Å²) in [5.74, 6) is 2.56. The first-order valence-corrected chi connectivity index (χ1v) is 7.29. The minimum atomic E-state index is -0.0807. The van der Waals surface area contributed by atoms with E-state index in [4.69, 9.17) is 5.26 Å². The van der Waals surface area contributed by atoms with E-state index < -0.39 is 0 Å². The number of nitrogens with zero attached hydrogens (tertiary/aromatic N) is 1. The van der Waals surface area contributed by atoms with Crippen molar-refractivity contribution in [3.05, 3.63) is 0 Å². The van der Waals surface area contributed by atoms with Crippen LogP contribution in [0, 0.1) is 40.4 Å². The summed E-state index contributed by atoms with van der Waals surface area (Å²) in [5, 5.41) is 11.8. The molecule has 98 valence electrons. The maximum Gasteiger partial charge on any atom is 0.226 e. The molecule has 0 heterocycles. The monoisotopic (exact) mass is 246 g/mol. The van der Waals surface area contributed by atoms with Crippen LogP contribution in [-0.4, -0.2) is 12.5 Å². The Bertz CT molecular complexity index is 361. The molecule has 4 rings (SSSR count). The Hall–Kier alpha value is -1.04. The number of carbonyl (C=O) groups is 1. The van der Waals surface area contributed by atoms with Crippen LogP contribution in [-0.2, 0) is 4.79 Å². The zero-order valence-electron chi connectivity index (χ0n) is 11.1. The van der Waals surface area contributed by atoms with Gasteiger partial charge in [0.25, 0.3) is 0 Å². The maximum atomic E-state index is 12.5. The molecule has 0 aromatic carbocycles. The van der Waals surface area contributed by atoms with Gasteiger partial charge in [-0.2, -0.15) is 5.26 Å². The number of hydrogen-bond acceptors (Lipinski definition) is 2. The third kappa shape index (κ3) is 1.92. The lowest BCUT2D eigenvalue weighted by Gasteiger charge is -2.55. The van der Waals surface area contributed by atoms with Crippen molar-refractivity contribution < 1.29 is 4.79 Å². The van der Waals surface area contributed by atoms with E-state index in [9.17, 15) is 4.79 Å². The van der Waals surface area contributed by atoms with Crippen LogP contribution < -0.4 is 5.32 Å². The predicted molar refractivity (Wildman–Crippen MR) is 68.4 cm³/mol. The van der Waals surface area contributed by atoms with Gasteiger partial charge in [0.15, 0.2) is 0 Å². The van der Waals surface area contributed by atoms with Gasteiger partial charge in [-0.1, -0.05) is 0 Å². The van der Waals surface area contributed by atoms with Crippen LogP contribution in [0.4, 0.5) is 0 Å². The molecule has 0 spiro atoms. The van der Waals surface area contributed by atoms with Gasteiger partial charge in [-0.05, 0) is 63.2 Å². The normalized spacial score (nSPS) is 42.3. The summed E-state index contributed by atoms with van der Waals surface area (Å²) in [6.07, 6.45) is 7.40. The van der Waals surface area contributed by atoms with Gasteiger partial charge in [0.2, 0.25) is 5.91 Å². The largest absolute Gasteiger partial charge is 0.354 e. The summed E-state index contributed by atoms with van der Waals surface area (Å²) in [6, 6.07) is 2.18. The zero-order valence-corrected chi connectivity index (χ0v) is 11.1. The highest BCUT2D eigenvalue weighted by Gasteiger charge is 2.54. The van der Waals surface area contributed by atoms with E-state index in [-0.39, 0.29) is 17.2 Å². The van der Waals surface area contributed by atoms with Crippen molar-refractivity contribution in [2.45, 2.75) is 45.4 Å². The van der Waals surface area contributed by atoms with Crippen molar-refractivity contribution >= 4 is 5.91 Å². The van der Waals surface area contributed by atoms with Crippen LogP contribution in [0.5, 0.6) is 0 Å². The van der Waals surface area contributed by atoms with Crippen molar-refractivity contribution in [2.24, 2.45) is 29.1 Å². The van der Waals surface area contributed by atoms with Crippen molar-refractivity contribution in [3.8, 4) is 6.07 Å². The van der Waals surface area contributed by atoms with Gasteiger partial charge in [0.05, 0.1) is 12.0 Å². The molecular formula is C15H22N2O. The minimum Gasteiger partial charge on any atom is -0.354 e. The number of carbonyl (C=O) groups excluding carboxylic acids is 1. The minimum absolute atomic E-state index is 0.0655. The van der Waals surface area contributed by atoms with Crippen molar-refractivity contribution in [1.29, 1.82) is 5.26 Å². The third-order valence-electron chi connectivity index (χ3n) is 5.31. The summed E-state index contributed by atoms with van der Waals surface area (Å²) in [4.78, 5) is 12.5. The Labute approximate surface area is 109 Å². The van der Waals surface area contributed by atoms with Gasteiger partial charge in [0.1, 0.15) is 0 Å².